The fourth-order valence-electron chi connectivity index (χ4n) is 2.58. The summed E-state index contributed by atoms with van der Waals surface area (Å²) in [5.41, 5.74) is 5.50. The highest BCUT2D eigenvalue weighted by molar-refractivity contribution is 7.10. The highest BCUT2D eigenvalue weighted by Crippen LogP contribution is 2.21. The van der Waals surface area contributed by atoms with Crippen LogP contribution in [0.15, 0.2) is 65.5 Å². The van der Waals surface area contributed by atoms with E-state index in [1.54, 1.807) is 10.1 Å². The van der Waals surface area contributed by atoms with Crippen LogP contribution in [0.2, 0.25) is 0 Å². The SMILES string of the molecule is CC(C)c1ccc(OCCCNn2sc(-c3ccccc3)cc2=O)cc1. The van der Waals surface area contributed by atoms with Gasteiger partial charge in [0.15, 0.2) is 0 Å². The molecule has 0 bridgehead atoms. The zero-order chi connectivity index (χ0) is 18.4. The minimum atomic E-state index is -0.0287. The molecule has 0 radical (unpaired) electrons. The van der Waals surface area contributed by atoms with Crippen molar-refractivity contribution in [2.45, 2.75) is 26.2 Å². The minimum Gasteiger partial charge on any atom is -0.494 e. The van der Waals surface area contributed by atoms with Crippen molar-refractivity contribution in [3.05, 3.63) is 76.6 Å². The normalized spacial score (nSPS) is 10.9. The van der Waals surface area contributed by atoms with Gasteiger partial charge in [-0.15, -0.1) is 0 Å². The molecule has 3 rings (SSSR count). The first kappa shape index (κ1) is 18.3. The van der Waals surface area contributed by atoms with Crippen LogP contribution in [0.5, 0.6) is 5.75 Å². The number of nitrogens with one attached hydrogen (secondary N) is 1. The smallest absolute Gasteiger partial charge is 0.280 e. The lowest BCUT2D eigenvalue weighted by Gasteiger charge is -2.09. The summed E-state index contributed by atoms with van der Waals surface area (Å²) in [6, 6.07) is 19.8. The second-order valence-corrected chi connectivity index (χ2v) is 7.42. The van der Waals surface area contributed by atoms with Gasteiger partial charge in [0.1, 0.15) is 5.75 Å². The number of ether oxygens (including phenoxy) is 1. The number of nitrogens with zero attached hydrogens (tertiary/aromatic N) is 1. The van der Waals surface area contributed by atoms with Gasteiger partial charge >= 0.3 is 0 Å². The van der Waals surface area contributed by atoms with Gasteiger partial charge in [0.25, 0.3) is 5.56 Å². The maximum Gasteiger partial charge on any atom is 0.280 e. The van der Waals surface area contributed by atoms with E-state index in [1.165, 1.54) is 17.1 Å². The van der Waals surface area contributed by atoms with E-state index < -0.39 is 0 Å². The van der Waals surface area contributed by atoms with Gasteiger partial charge in [-0.3, -0.25) is 4.79 Å². The van der Waals surface area contributed by atoms with Crippen molar-refractivity contribution in [2.75, 3.05) is 18.6 Å². The van der Waals surface area contributed by atoms with E-state index >= 15 is 0 Å². The first-order valence-corrected chi connectivity index (χ1v) is 9.66. The first-order chi connectivity index (χ1) is 12.6. The summed E-state index contributed by atoms with van der Waals surface area (Å²) in [4.78, 5) is 13.0. The van der Waals surface area contributed by atoms with E-state index in [9.17, 15) is 4.79 Å². The van der Waals surface area contributed by atoms with Crippen molar-refractivity contribution in [1.29, 1.82) is 0 Å². The third-order valence-corrected chi connectivity index (χ3v) is 5.14. The predicted molar refractivity (Wildman–Crippen MR) is 109 cm³/mol. The largest absolute Gasteiger partial charge is 0.494 e. The summed E-state index contributed by atoms with van der Waals surface area (Å²) in [5, 5.41) is 0. The third-order valence-electron chi connectivity index (χ3n) is 4.09. The monoisotopic (exact) mass is 368 g/mol. The Hall–Kier alpha value is -2.53. The quantitative estimate of drug-likeness (QED) is 0.586. The molecule has 1 heterocycles. The fourth-order valence-corrected chi connectivity index (χ4v) is 3.47. The lowest BCUT2D eigenvalue weighted by Crippen LogP contribution is -2.24. The van der Waals surface area contributed by atoms with Crippen molar-refractivity contribution < 1.29 is 4.74 Å². The molecule has 0 aliphatic heterocycles. The average Bonchev–Trinajstić information content (AvgIpc) is 3.03. The van der Waals surface area contributed by atoms with Crippen molar-refractivity contribution in [3.63, 3.8) is 0 Å². The highest BCUT2D eigenvalue weighted by Gasteiger charge is 2.05. The Morgan fingerprint density at radius 1 is 1.08 bits per heavy atom. The van der Waals surface area contributed by atoms with E-state index in [2.05, 4.69) is 31.4 Å². The van der Waals surface area contributed by atoms with Crippen molar-refractivity contribution in [3.8, 4) is 16.2 Å². The molecule has 3 aromatic rings. The molecular formula is C21H24N2O2S. The molecule has 0 unspecified atom stereocenters. The van der Waals surface area contributed by atoms with Crippen LogP contribution < -0.4 is 15.7 Å². The van der Waals surface area contributed by atoms with Gasteiger partial charge in [0.05, 0.1) is 11.5 Å². The van der Waals surface area contributed by atoms with Gasteiger partial charge in [0.2, 0.25) is 0 Å². The molecule has 0 aliphatic carbocycles. The number of hydrogen-bond acceptors (Lipinski definition) is 4. The first-order valence-electron chi connectivity index (χ1n) is 8.89. The molecule has 0 spiro atoms. The third kappa shape index (κ3) is 4.76. The molecular weight excluding hydrogens is 344 g/mol. The van der Waals surface area contributed by atoms with Crippen LogP contribution >= 0.6 is 11.5 Å². The van der Waals surface area contributed by atoms with E-state index in [0.29, 0.717) is 19.1 Å². The Morgan fingerprint density at radius 3 is 2.50 bits per heavy atom. The van der Waals surface area contributed by atoms with Crippen molar-refractivity contribution >= 4 is 11.5 Å². The lowest BCUT2D eigenvalue weighted by atomic mass is 10.0. The van der Waals surface area contributed by atoms with Crippen molar-refractivity contribution in [1.82, 2.24) is 4.07 Å². The lowest BCUT2D eigenvalue weighted by molar-refractivity contribution is 0.313. The maximum absolute atomic E-state index is 12.1. The van der Waals surface area contributed by atoms with Gasteiger partial charge in [-0.05, 0) is 40.7 Å². The second-order valence-electron chi connectivity index (χ2n) is 6.43. The van der Waals surface area contributed by atoms with E-state index in [1.807, 2.05) is 42.5 Å². The fraction of sp³-hybridized carbons (Fsp3) is 0.286. The molecule has 0 saturated heterocycles. The molecule has 2 aromatic carbocycles. The van der Waals surface area contributed by atoms with Gasteiger partial charge in [-0.25, -0.2) is 0 Å². The summed E-state index contributed by atoms with van der Waals surface area (Å²) < 4.78 is 7.34. The molecule has 4 nitrogen and oxygen atoms in total. The molecule has 0 fully saturated rings. The van der Waals surface area contributed by atoms with Crippen LogP contribution in [-0.4, -0.2) is 17.2 Å². The number of aromatic nitrogens is 1. The molecule has 0 atom stereocenters. The maximum atomic E-state index is 12.1. The van der Waals surface area contributed by atoms with E-state index in [0.717, 1.165) is 22.6 Å². The van der Waals surface area contributed by atoms with Gasteiger partial charge in [-0.1, -0.05) is 56.3 Å². The molecule has 0 aliphatic rings. The van der Waals surface area contributed by atoms with Gasteiger partial charge < -0.3 is 10.2 Å². The van der Waals surface area contributed by atoms with Crippen LogP contribution in [0.3, 0.4) is 0 Å². The number of rotatable bonds is 8. The zero-order valence-corrected chi connectivity index (χ0v) is 16.0. The predicted octanol–water partition coefficient (Wildman–Crippen LogP) is 4.71. The number of benzene rings is 2. The van der Waals surface area contributed by atoms with E-state index in [-0.39, 0.29) is 5.56 Å². The van der Waals surface area contributed by atoms with Gasteiger partial charge in [-0.2, -0.15) is 4.07 Å². The Labute approximate surface area is 158 Å². The van der Waals surface area contributed by atoms with E-state index in [4.69, 9.17) is 4.74 Å². The highest BCUT2D eigenvalue weighted by atomic mass is 32.1. The molecule has 5 heteroatoms. The molecule has 136 valence electrons. The Bertz CT molecular complexity index is 867. The van der Waals surface area contributed by atoms with Crippen LogP contribution in [-0.2, 0) is 0 Å². The summed E-state index contributed by atoms with van der Waals surface area (Å²) >= 11 is 1.42. The summed E-state index contributed by atoms with van der Waals surface area (Å²) in [5.74, 6) is 1.41. The second kappa shape index (κ2) is 8.72. The molecule has 1 aromatic heterocycles. The van der Waals surface area contributed by atoms with Crippen LogP contribution in [0.4, 0.5) is 0 Å². The summed E-state index contributed by atoms with van der Waals surface area (Å²) in [7, 11) is 0. The standard InChI is InChI=1S/C21H24N2O2S/c1-16(2)17-9-11-19(12-10-17)25-14-6-13-22-23-21(24)15-20(26-23)18-7-4-3-5-8-18/h3-5,7-12,15-16,22H,6,13-14H2,1-2H3. The Morgan fingerprint density at radius 2 is 1.81 bits per heavy atom. The molecule has 26 heavy (non-hydrogen) atoms. The minimum absolute atomic E-state index is 0.0287. The molecule has 1 N–H and O–H groups in total. The summed E-state index contributed by atoms with van der Waals surface area (Å²) in [6.45, 7) is 5.65. The Kier molecular flexibility index (Phi) is 6.12. The summed E-state index contributed by atoms with van der Waals surface area (Å²) in [6.07, 6.45) is 0.816. The zero-order valence-electron chi connectivity index (χ0n) is 15.1. The van der Waals surface area contributed by atoms with Gasteiger partial charge in [0, 0.05) is 19.0 Å². The van der Waals surface area contributed by atoms with Crippen LogP contribution in [0, 0.1) is 0 Å². The molecule has 0 amide bonds. The topological polar surface area (TPSA) is 43.3 Å². The average molecular weight is 369 g/mol. The number of hydrogen-bond donors (Lipinski definition) is 1. The Balaban J connectivity index is 1.45. The van der Waals surface area contributed by atoms with Crippen LogP contribution in [0.1, 0.15) is 31.7 Å². The van der Waals surface area contributed by atoms with Crippen molar-refractivity contribution in [2.24, 2.45) is 0 Å². The molecule has 0 saturated carbocycles. The van der Waals surface area contributed by atoms with Crippen LogP contribution in [0.25, 0.3) is 10.4 Å².